The van der Waals surface area contributed by atoms with Crippen LogP contribution in [0.4, 0.5) is 11.4 Å². The van der Waals surface area contributed by atoms with Gasteiger partial charge >= 0.3 is 0 Å². The normalized spacial score (nSPS) is 11.7. The minimum absolute atomic E-state index is 0.0339. The van der Waals surface area contributed by atoms with Crippen molar-refractivity contribution in [2.75, 3.05) is 5.32 Å². The lowest BCUT2D eigenvalue weighted by atomic mass is 10.0. The maximum absolute atomic E-state index is 12.7. The SMILES string of the molecule is O=C(CC(Nc1cccc(Cl)c1)c1cccs1)c1ccc([N+](=O)[O-])cc1. The Balaban J connectivity index is 1.79. The number of non-ortho nitro benzene ring substituents is 1. The topological polar surface area (TPSA) is 72.2 Å². The molecule has 0 aliphatic rings. The van der Waals surface area contributed by atoms with Crippen LogP contribution in [0, 0.1) is 10.1 Å². The second-order valence-electron chi connectivity index (χ2n) is 5.65. The van der Waals surface area contributed by atoms with Crippen LogP contribution in [0.1, 0.15) is 27.7 Å². The maximum Gasteiger partial charge on any atom is 0.269 e. The standard InChI is InChI=1S/C19H15ClN2O3S/c20-14-3-1-4-15(11-14)21-17(19-5-2-10-26-19)12-18(23)13-6-8-16(9-7-13)22(24)25/h1-11,17,21H,12H2. The van der Waals surface area contributed by atoms with Crippen LogP contribution in [0.15, 0.2) is 66.0 Å². The molecule has 0 spiro atoms. The second kappa shape index (κ2) is 8.12. The third-order valence-corrected chi connectivity index (χ3v) is 5.06. The lowest BCUT2D eigenvalue weighted by Crippen LogP contribution is -2.14. The molecule has 7 heteroatoms. The Hall–Kier alpha value is -2.70. The number of anilines is 1. The number of thiophene rings is 1. The largest absolute Gasteiger partial charge is 0.377 e. The van der Waals surface area contributed by atoms with Gasteiger partial charge in [0.2, 0.25) is 0 Å². The molecule has 1 atom stereocenters. The van der Waals surface area contributed by atoms with E-state index >= 15 is 0 Å². The Morgan fingerprint density at radius 2 is 1.92 bits per heavy atom. The van der Waals surface area contributed by atoms with E-state index in [4.69, 9.17) is 11.6 Å². The van der Waals surface area contributed by atoms with Crippen molar-refractivity contribution in [1.82, 2.24) is 0 Å². The number of Topliss-reactive ketones (excluding diaryl/α,β-unsaturated/α-hetero) is 1. The Labute approximate surface area is 159 Å². The minimum atomic E-state index is -0.483. The number of hydrogen-bond acceptors (Lipinski definition) is 5. The van der Waals surface area contributed by atoms with Gasteiger partial charge < -0.3 is 5.32 Å². The molecule has 1 heterocycles. The predicted octanol–water partition coefficient (Wildman–Crippen LogP) is 5.74. The Morgan fingerprint density at radius 3 is 2.54 bits per heavy atom. The molecule has 0 saturated heterocycles. The fourth-order valence-corrected chi connectivity index (χ4v) is 3.53. The third kappa shape index (κ3) is 4.47. The van der Waals surface area contributed by atoms with E-state index in [1.54, 1.807) is 23.5 Å². The second-order valence-corrected chi connectivity index (χ2v) is 7.07. The smallest absolute Gasteiger partial charge is 0.269 e. The molecular weight excluding hydrogens is 372 g/mol. The van der Waals surface area contributed by atoms with Gasteiger partial charge in [0.25, 0.3) is 5.69 Å². The van der Waals surface area contributed by atoms with Gasteiger partial charge in [-0.25, -0.2) is 0 Å². The lowest BCUT2D eigenvalue weighted by Gasteiger charge is -2.18. The highest BCUT2D eigenvalue weighted by molar-refractivity contribution is 7.10. The molecule has 0 aliphatic carbocycles. The molecule has 0 bridgehead atoms. The minimum Gasteiger partial charge on any atom is -0.377 e. The third-order valence-electron chi connectivity index (χ3n) is 3.84. The van der Waals surface area contributed by atoms with Crippen molar-refractivity contribution >= 4 is 40.1 Å². The molecule has 0 saturated carbocycles. The fourth-order valence-electron chi connectivity index (χ4n) is 2.56. The van der Waals surface area contributed by atoms with Crippen LogP contribution in [0.2, 0.25) is 5.02 Å². The summed E-state index contributed by atoms with van der Waals surface area (Å²) < 4.78 is 0. The van der Waals surface area contributed by atoms with E-state index in [1.807, 2.05) is 29.6 Å². The van der Waals surface area contributed by atoms with Crippen molar-refractivity contribution in [3.63, 3.8) is 0 Å². The molecule has 0 aliphatic heterocycles. The molecule has 2 aromatic carbocycles. The first kappa shape index (κ1) is 18.1. The molecule has 0 amide bonds. The number of carbonyl (C=O) groups is 1. The molecule has 5 nitrogen and oxygen atoms in total. The number of halogens is 1. The van der Waals surface area contributed by atoms with Crippen LogP contribution in [-0.4, -0.2) is 10.7 Å². The number of carbonyl (C=O) groups excluding carboxylic acids is 1. The molecule has 26 heavy (non-hydrogen) atoms. The van der Waals surface area contributed by atoms with Crippen LogP contribution in [-0.2, 0) is 0 Å². The first-order valence-corrected chi connectivity index (χ1v) is 9.12. The summed E-state index contributed by atoms with van der Waals surface area (Å²) >= 11 is 7.60. The van der Waals surface area contributed by atoms with E-state index in [0.717, 1.165) is 10.6 Å². The van der Waals surface area contributed by atoms with Crippen LogP contribution >= 0.6 is 22.9 Å². The molecule has 3 rings (SSSR count). The number of ketones is 1. The van der Waals surface area contributed by atoms with E-state index in [2.05, 4.69) is 5.32 Å². The average molecular weight is 387 g/mol. The zero-order valence-electron chi connectivity index (χ0n) is 13.6. The van der Waals surface area contributed by atoms with Crippen molar-refractivity contribution in [1.29, 1.82) is 0 Å². The Kier molecular flexibility index (Phi) is 5.65. The van der Waals surface area contributed by atoms with E-state index in [9.17, 15) is 14.9 Å². The molecule has 1 N–H and O–H groups in total. The van der Waals surface area contributed by atoms with Gasteiger partial charge in [0, 0.05) is 39.7 Å². The van der Waals surface area contributed by atoms with E-state index in [1.165, 1.54) is 24.3 Å². The first-order valence-electron chi connectivity index (χ1n) is 7.86. The average Bonchev–Trinajstić information content (AvgIpc) is 3.16. The van der Waals surface area contributed by atoms with Crippen LogP contribution in [0.5, 0.6) is 0 Å². The summed E-state index contributed by atoms with van der Waals surface area (Å²) in [5.74, 6) is -0.0900. The highest BCUT2D eigenvalue weighted by Crippen LogP contribution is 2.29. The van der Waals surface area contributed by atoms with E-state index < -0.39 is 4.92 Å². The zero-order valence-corrected chi connectivity index (χ0v) is 15.2. The lowest BCUT2D eigenvalue weighted by molar-refractivity contribution is -0.384. The molecule has 1 unspecified atom stereocenters. The Bertz CT molecular complexity index is 911. The summed E-state index contributed by atoms with van der Waals surface area (Å²) in [4.78, 5) is 23.9. The van der Waals surface area contributed by atoms with Gasteiger partial charge in [0.15, 0.2) is 5.78 Å². The monoisotopic (exact) mass is 386 g/mol. The van der Waals surface area contributed by atoms with Gasteiger partial charge in [0.05, 0.1) is 11.0 Å². The number of nitrogens with one attached hydrogen (secondary N) is 1. The van der Waals surface area contributed by atoms with Crippen LogP contribution in [0.3, 0.4) is 0 Å². The maximum atomic E-state index is 12.7. The Morgan fingerprint density at radius 1 is 1.15 bits per heavy atom. The van der Waals surface area contributed by atoms with E-state index in [-0.39, 0.29) is 23.9 Å². The number of hydrogen-bond donors (Lipinski definition) is 1. The highest BCUT2D eigenvalue weighted by Gasteiger charge is 2.19. The summed E-state index contributed by atoms with van der Waals surface area (Å²) in [6, 6.07) is 16.7. The molecule has 132 valence electrons. The predicted molar refractivity (Wildman–Crippen MR) is 104 cm³/mol. The summed E-state index contributed by atoms with van der Waals surface area (Å²) in [5.41, 5.74) is 1.24. The van der Waals surface area contributed by atoms with Gasteiger partial charge in [-0.3, -0.25) is 14.9 Å². The van der Waals surface area contributed by atoms with Crippen LogP contribution < -0.4 is 5.32 Å². The molecule has 0 fully saturated rings. The van der Waals surface area contributed by atoms with Crippen molar-refractivity contribution in [3.8, 4) is 0 Å². The van der Waals surface area contributed by atoms with Gasteiger partial charge in [0.1, 0.15) is 0 Å². The number of nitro benzene ring substituents is 1. The van der Waals surface area contributed by atoms with E-state index in [0.29, 0.717) is 10.6 Å². The summed E-state index contributed by atoms with van der Waals surface area (Å²) in [7, 11) is 0. The summed E-state index contributed by atoms with van der Waals surface area (Å²) in [6.07, 6.45) is 0.227. The highest BCUT2D eigenvalue weighted by atomic mass is 35.5. The van der Waals surface area contributed by atoms with Gasteiger partial charge in [-0.05, 0) is 41.8 Å². The number of nitro groups is 1. The number of benzene rings is 2. The fraction of sp³-hybridized carbons (Fsp3) is 0.105. The van der Waals surface area contributed by atoms with Crippen molar-refractivity contribution < 1.29 is 9.72 Å². The first-order chi connectivity index (χ1) is 12.5. The van der Waals surface area contributed by atoms with Crippen LogP contribution in [0.25, 0.3) is 0 Å². The van der Waals surface area contributed by atoms with Gasteiger partial charge in [-0.15, -0.1) is 11.3 Å². The number of nitrogens with zero attached hydrogens (tertiary/aromatic N) is 1. The summed E-state index contributed by atoms with van der Waals surface area (Å²) in [6.45, 7) is 0. The van der Waals surface area contributed by atoms with Crippen molar-refractivity contribution in [2.45, 2.75) is 12.5 Å². The van der Waals surface area contributed by atoms with Gasteiger partial charge in [-0.2, -0.15) is 0 Å². The molecule has 0 radical (unpaired) electrons. The quantitative estimate of drug-likeness (QED) is 0.319. The summed E-state index contributed by atoms with van der Waals surface area (Å²) in [5, 5.41) is 16.7. The zero-order chi connectivity index (χ0) is 18.5. The molecular formula is C19H15ClN2O3S. The number of rotatable bonds is 7. The molecule has 1 aromatic heterocycles. The van der Waals surface area contributed by atoms with Crippen molar-refractivity contribution in [2.24, 2.45) is 0 Å². The van der Waals surface area contributed by atoms with Crippen molar-refractivity contribution in [3.05, 3.63) is 91.6 Å². The molecule has 3 aromatic rings. The van der Waals surface area contributed by atoms with Gasteiger partial charge in [-0.1, -0.05) is 23.7 Å².